The summed E-state index contributed by atoms with van der Waals surface area (Å²) in [6, 6.07) is 3.10. The molecule has 0 aromatic carbocycles. The van der Waals surface area contributed by atoms with Crippen LogP contribution in [0, 0.1) is 0 Å². The highest BCUT2D eigenvalue weighted by Crippen LogP contribution is 2.32. The number of hydrogen-bond acceptors (Lipinski definition) is 3. The Kier molecular flexibility index (Phi) is 3.42. The first-order valence-electron chi connectivity index (χ1n) is 7.49. The van der Waals surface area contributed by atoms with Crippen molar-refractivity contribution in [2.75, 3.05) is 26.2 Å². The molecule has 3 aliphatic heterocycles. The molecule has 4 atom stereocenters. The van der Waals surface area contributed by atoms with E-state index in [4.69, 9.17) is 0 Å². The van der Waals surface area contributed by atoms with Gasteiger partial charge in [0.25, 0.3) is 0 Å². The molecule has 3 aliphatic rings. The van der Waals surface area contributed by atoms with Gasteiger partial charge in [0, 0.05) is 43.8 Å². The second kappa shape index (κ2) is 4.87. The fourth-order valence-corrected chi connectivity index (χ4v) is 4.12. The lowest BCUT2D eigenvalue weighted by molar-refractivity contribution is 0.0587. The number of rotatable bonds is 1. The summed E-state index contributed by atoms with van der Waals surface area (Å²) in [6.07, 6.45) is 5.72. The Bertz CT molecular complexity index is 268. The van der Waals surface area contributed by atoms with Crippen LogP contribution in [-0.2, 0) is 0 Å². The van der Waals surface area contributed by atoms with Crippen molar-refractivity contribution in [3.63, 3.8) is 0 Å². The van der Waals surface area contributed by atoms with E-state index in [0.29, 0.717) is 6.04 Å². The minimum atomic E-state index is 0.670. The quantitative estimate of drug-likeness (QED) is 0.741. The summed E-state index contributed by atoms with van der Waals surface area (Å²) < 4.78 is 0. The highest BCUT2D eigenvalue weighted by molar-refractivity contribution is 4.98. The van der Waals surface area contributed by atoms with Crippen LogP contribution in [0.15, 0.2) is 0 Å². The number of fused-ring (bicyclic) bond motifs is 1. The Hall–Kier alpha value is -0.120. The van der Waals surface area contributed by atoms with Gasteiger partial charge in [0.05, 0.1) is 0 Å². The van der Waals surface area contributed by atoms with Gasteiger partial charge >= 0.3 is 0 Å². The van der Waals surface area contributed by atoms with Crippen molar-refractivity contribution in [2.24, 2.45) is 0 Å². The van der Waals surface area contributed by atoms with Gasteiger partial charge in [-0.3, -0.25) is 9.80 Å². The normalized spacial score (nSPS) is 44.8. The van der Waals surface area contributed by atoms with Crippen molar-refractivity contribution in [1.82, 2.24) is 15.1 Å². The van der Waals surface area contributed by atoms with Gasteiger partial charge < -0.3 is 5.32 Å². The first-order chi connectivity index (χ1) is 8.25. The van der Waals surface area contributed by atoms with Gasteiger partial charge in [-0.25, -0.2) is 0 Å². The van der Waals surface area contributed by atoms with Crippen LogP contribution < -0.4 is 5.32 Å². The number of piperidine rings is 1. The zero-order valence-corrected chi connectivity index (χ0v) is 11.4. The third-order valence-electron chi connectivity index (χ3n) is 5.06. The molecule has 3 heterocycles. The van der Waals surface area contributed by atoms with Gasteiger partial charge in [-0.15, -0.1) is 0 Å². The van der Waals surface area contributed by atoms with Crippen molar-refractivity contribution in [3.8, 4) is 0 Å². The molecule has 3 rings (SSSR count). The predicted molar refractivity (Wildman–Crippen MR) is 71.2 cm³/mol. The Morgan fingerprint density at radius 3 is 2.76 bits per heavy atom. The van der Waals surface area contributed by atoms with Crippen molar-refractivity contribution in [3.05, 3.63) is 0 Å². The highest BCUT2D eigenvalue weighted by atomic mass is 15.3. The summed E-state index contributed by atoms with van der Waals surface area (Å²) in [5.41, 5.74) is 0. The molecule has 3 saturated heterocycles. The monoisotopic (exact) mass is 237 g/mol. The lowest BCUT2D eigenvalue weighted by Gasteiger charge is -2.45. The molecule has 0 saturated carbocycles. The average molecular weight is 237 g/mol. The molecule has 0 amide bonds. The fourth-order valence-electron chi connectivity index (χ4n) is 4.12. The van der Waals surface area contributed by atoms with E-state index in [9.17, 15) is 0 Å². The third kappa shape index (κ3) is 2.25. The van der Waals surface area contributed by atoms with E-state index in [0.717, 1.165) is 18.1 Å². The van der Waals surface area contributed by atoms with Gasteiger partial charge in [-0.05, 0) is 39.7 Å². The van der Waals surface area contributed by atoms with E-state index in [-0.39, 0.29) is 0 Å². The summed E-state index contributed by atoms with van der Waals surface area (Å²) in [5, 5.41) is 3.60. The van der Waals surface area contributed by atoms with Crippen LogP contribution in [0.4, 0.5) is 0 Å². The maximum absolute atomic E-state index is 3.60. The molecule has 0 aromatic heterocycles. The van der Waals surface area contributed by atoms with Crippen molar-refractivity contribution >= 4 is 0 Å². The van der Waals surface area contributed by atoms with Crippen LogP contribution in [0.1, 0.15) is 39.5 Å². The van der Waals surface area contributed by atoms with Gasteiger partial charge in [0.2, 0.25) is 0 Å². The van der Waals surface area contributed by atoms with Crippen LogP contribution in [0.25, 0.3) is 0 Å². The largest absolute Gasteiger partial charge is 0.311 e. The summed E-state index contributed by atoms with van der Waals surface area (Å²) in [4.78, 5) is 5.56. The molecule has 0 bridgehead atoms. The average Bonchev–Trinajstić information content (AvgIpc) is 2.76. The number of nitrogens with zero attached hydrogens (tertiary/aromatic N) is 2. The van der Waals surface area contributed by atoms with Gasteiger partial charge in [-0.1, -0.05) is 6.42 Å². The Balaban J connectivity index is 1.70. The molecule has 3 heteroatoms. The molecular weight excluding hydrogens is 210 g/mol. The van der Waals surface area contributed by atoms with Gasteiger partial charge in [0.1, 0.15) is 0 Å². The fraction of sp³-hybridized carbons (Fsp3) is 1.00. The summed E-state index contributed by atoms with van der Waals surface area (Å²) in [7, 11) is 0. The summed E-state index contributed by atoms with van der Waals surface area (Å²) >= 11 is 0. The summed E-state index contributed by atoms with van der Waals surface area (Å²) in [5.74, 6) is 0. The number of nitrogens with one attached hydrogen (secondary N) is 1. The Labute approximate surface area is 106 Å². The van der Waals surface area contributed by atoms with E-state index >= 15 is 0 Å². The molecule has 0 aliphatic carbocycles. The molecule has 17 heavy (non-hydrogen) atoms. The SMILES string of the molecule is CC1CN(C2CCN3CCCCC23)C(C)CN1. The minimum absolute atomic E-state index is 0.670. The zero-order chi connectivity index (χ0) is 11.8. The van der Waals surface area contributed by atoms with Crippen molar-refractivity contribution in [2.45, 2.75) is 63.7 Å². The molecule has 3 fully saturated rings. The molecule has 4 unspecified atom stereocenters. The number of piperazine rings is 1. The third-order valence-corrected chi connectivity index (χ3v) is 5.06. The molecule has 0 aromatic rings. The topological polar surface area (TPSA) is 18.5 Å². The highest BCUT2D eigenvalue weighted by Gasteiger charge is 2.41. The van der Waals surface area contributed by atoms with Gasteiger partial charge in [0.15, 0.2) is 0 Å². The first-order valence-corrected chi connectivity index (χ1v) is 7.49. The molecule has 0 radical (unpaired) electrons. The van der Waals surface area contributed by atoms with Crippen LogP contribution in [0.3, 0.4) is 0 Å². The van der Waals surface area contributed by atoms with E-state index < -0.39 is 0 Å². The van der Waals surface area contributed by atoms with Crippen LogP contribution in [0.2, 0.25) is 0 Å². The van der Waals surface area contributed by atoms with Crippen LogP contribution >= 0.6 is 0 Å². The van der Waals surface area contributed by atoms with Crippen molar-refractivity contribution in [1.29, 1.82) is 0 Å². The molecule has 0 spiro atoms. The minimum Gasteiger partial charge on any atom is -0.311 e. The number of hydrogen-bond donors (Lipinski definition) is 1. The van der Waals surface area contributed by atoms with E-state index in [1.807, 2.05) is 0 Å². The Morgan fingerprint density at radius 2 is 1.88 bits per heavy atom. The van der Waals surface area contributed by atoms with Gasteiger partial charge in [-0.2, -0.15) is 0 Å². The summed E-state index contributed by atoms with van der Waals surface area (Å²) in [6.45, 7) is 9.84. The molecule has 98 valence electrons. The molecular formula is C14H27N3. The van der Waals surface area contributed by atoms with E-state index in [1.54, 1.807) is 0 Å². The molecule has 3 nitrogen and oxygen atoms in total. The van der Waals surface area contributed by atoms with Crippen LogP contribution in [-0.4, -0.2) is 60.1 Å². The lowest BCUT2D eigenvalue weighted by atomic mass is 9.95. The second-order valence-corrected chi connectivity index (χ2v) is 6.31. The zero-order valence-electron chi connectivity index (χ0n) is 11.4. The predicted octanol–water partition coefficient (Wildman–Crippen LogP) is 1.30. The standard InChI is InChI=1S/C14H27N3/c1-11-10-17(12(2)9-15-11)14-6-8-16-7-4-3-5-13(14)16/h11-15H,3-10H2,1-2H3. The lowest BCUT2D eigenvalue weighted by Crippen LogP contribution is -2.60. The van der Waals surface area contributed by atoms with Crippen molar-refractivity contribution < 1.29 is 0 Å². The second-order valence-electron chi connectivity index (χ2n) is 6.31. The van der Waals surface area contributed by atoms with E-state index in [1.165, 1.54) is 51.9 Å². The maximum atomic E-state index is 3.60. The van der Waals surface area contributed by atoms with Crippen LogP contribution in [0.5, 0.6) is 0 Å². The Morgan fingerprint density at radius 1 is 1.00 bits per heavy atom. The molecule has 1 N–H and O–H groups in total. The first kappa shape index (κ1) is 11.9. The smallest absolute Gasteiger partial charge is 0.0267 e. The van der Waals surface area contributed by atoms with E-state index in [2.05, 4.69) is 29.0 Å². The maximum Gasteiger partial charge on any atom is 0.0267 e.